The molecular formula is C22H18BrNO5. The maximum atomic E-state index is 12.6. The maximum absolute atomic E-state index is 12.6. The summed E-state index contributed by atoms with van der Waals surface area (Å²) in [6, 6.07) is 19.2. The SMILES string of the molecule is CCOC(=O)c1cc(OCc2ccccc2)ccc1-c1c(Br)cccc1[N+](=O)[O-]. The molecule has 0 saturated heterocycles. The summed E-state index contributed by atoms with van der Waals surface area (Å²) in [5, 5.41) is 11.5. The molecule has 0 aromatic heterocycles. The fourth-order valence-electron chi connectivity index (χ4n) is 2.88. The first-order chi connectivity index (χ1) is 14.0. The Morgan fingerprint density at radius 2 is 1.83 bits per heavy atom. The van der Waals surface area contributed by atoms with E-state index in [2.05, 4.69) is 15.9 Å². The number of carbonyl (C=O) groups excluding carboxylic acids is 1. The molecule has 0 N–H and O–H groups in total. The van der Waals surface area contributed by atoms with E-state index in [9.17, 15) is 14.9 Å². The minimum absolute atomic E-state index is 0.108. The molecule has 29 heavy (non-hydrogen) atoms. The fraction of sp³-hybridized carbons (Fsp3) is 0.136. The Balaban J connectivity index is 2.04. The van der Waals surface area contributed by atoms with Crippen molar-refractivity contribution in [2.45, 2.75) is 13.5 Å². The van der Waals surface area contributed by atoms with Gasteiger partial charge in [-0.1, -0.05) is 36.4 Å². The Hall–Kier alpha value is -3.19. The molecule has 3 aromatic carbocycles. The smallest absolute Gasteiger partial charge is 0.338 e. The van der Waals surface area contributed by atoms with Crippen LogP contribution < -0.4 is 4.74 Å². The Morgan fingerprint density at radius 3 is 2.52 bits per heavy atom. The van der Waals surface area contributed by atoms with Crippen LogP contribution in [0.3, 0.4) is 0 Å². The Bertz CT molecular complexity index is 1040. The van der Waals surface area contributed by atoms with Crippen LogP contribution in [0.4, 0.5) is 5.69 Å². The number of nitro groups is 1. The van der Waals surface area contributed by atoms with Gasteiger partial charge in [-0.2, -0.15) is 0 Å². The third-order valence-corrected chi connectivity index (χ3v) is 4.85. The fourth-order valence-corrected chi connectivity index (χ4v) is 3.45. The zero-order valence-corrected chi connectivity index (χ0v) is 17.2. The van der Waals surface area contributed by atoms with Crippen LogP contribution in [0.25, 0.3) is 11.1 Å². The lowest BCUT2D eigenvalue weighted by atomic mass is 9.98. The molecule has 0 aliphatic carbocycles. The highest BCUT2D eigenvalue weighted by Crippen LogP contribution is 2.39. The summed E-state index contributed by atoms with van der Waals surface area (Å²) in [5.41, 5.74) is 1.79. The van der Waals surface area contributed by atoms with Crippen molar-refractivity contribution in [3.63, 3.8) is 0 Å². The molecule has 0 amide bonds. The minimum atomic E-state index is -0.572. The van der Waals surface area contributed by atoms with Gasteiger partial charge in [-0.25, -0.2) is 4.79 Å². The van der Waals surface area contributed by atoms with Crippen molar-refractivity contribution < 1.29 is 19.2 Å². The molecule has 0 unspecified atom stereocenters. The summed E-state index contributed by atoms with van der Waals surface area (Å²) in [7, 11) is 0. The van der Waals surface area contributed by atoms with E-state index in [1.165, 1.54) is 6.07 Å². The van der Waals surface area contributed by atoms with Gasteiger partial charge in [-0.3, -0.25) is 10.1 Å². The quantitative estimate of drug-likeness (QED) is 0.256. The van der Waals surface area contributed by atoms with E-state index in [0.717, 1.165) is 5.56 Å². The molecule has 0 spiro atoms. The number of hydrogen-bond acceptors (Lipinski definition) is 5. The van der Waals surface area contributed by atoms with E-state index < -0.39 is 10.9 Å². The van der Waals surface area contributed by atoms with Crippen LogP contribution in [0.5, 0.6) is 5.75 Å². The predicted octanol–water partition coefficient (Wildman–Crippen LogP) is 5.78. The highest BCUT2D eigenvalue weighted by Gasteiger charge is 2.24. The van der Waals surface area contributed by atoms with Crippen molar-refractivity contribution in [1.82, 2.24) is 0 Å². The second kappa shape index (κ2) is 9.34. The summed E-state index contributed by atoms with van der Waals surface area (Å²) in [5.74, 6) is -0.104. The zero-order valence-electron chi connectivity index (χ0n) is 15.6. The average molecular weight is 456 g/mol. The highest BCUT2D eigenvalue weighted by atomic mass is 79.9. The summed E-state index contributed by atoms with van der Waals surface area (Å²) < 4.78 is 11.5. The average Bonchev–Trinajstić information content (AvgIpc) is 2.73. The maximum Gasteiger partial charge on any atom is 0.338 e. The van der Waals surface area contributed by atoms with Gasteiger partial charge in [0.2, 0.25) is 0 Å². The van der Waals surface area contributed by atoms with Crippen molar-refractivity contribution in [3.05, 3.63) is 92.4 Å². The van der Waals surface area contributed by atoms with Crippen LogP contribution in [0.2, 0.25) is 0 Å². The van der Waals surface area contributed by atoms with Gasteiger partial charge in [0, 0.05) is 16.1 Å². The summed E-state index contributed by atoms with van der Waals surface area (Å²) in [6.07, 6.45) is 0. The molecule has 0 saturated carbocycles. The number of hydrogen-bond donors (Lipinski definition) is 0. The lowest BCUT2D eigenvalue weighted by Crippen LogP contribution is -2.08. The highest BCUT2D eigenvalue weighted by molar-refractivity contribution is 9.10. The first kappa shape index (κ1) is 20.5. The molecule has 0 fully saturated rings. The van der Waals surface area contributed by atoms with Crippen LogP contribution in [-0.2, 0) is 11.3 Å². The number of nitrogens with zero attached hydrogens (tertiary/aromatic N) is 1. The molecule has 0 aliphatic heterocycles. The Labute approximate surface area is 176 Å². The summed E-state index contributed by atoms with van der Waals surface area (Å²) >= 11 is 3.37. The van der Waals surface area contributed by atoms with Gasteiger partial charge >= 0.3 is 5.97 Å². The molecule has 3 rings (SSSR count). The molecule has 0 aliphatic rings. The zero-order chi connectivity index (χ0) is 20.8. The first-order valence-corrected chi connectivity index (χ1v) is 9.71. The number of nitro benzene ring substituents is 1. The molecular weight excluding hydrogens is 438 g/mol. The van der Waals surface area contributed by atoms with Crippen molar-refractivity contribution in [2.24, 2.45) is 0 Å². The predicted molar refractivity (Wildman–Crippen MR) is 113 cm³/mol. The van der Waals surface area contributed by atoms with Gasteiger partial charge in [-0.05, 0) is 52.7 Å². The lowest BCUT2D eigenvalue weighted by molar-refractivity contribution is -0.384. The second-order valence-corrected chi connectivity index (χ2v) is 6.95. The van der Waals surface area contributed by atoms with Crippen LogP contribution in [0, 0.1) is 10.1 Å². The lowest BCUT2D eigenvalue weighted by Gasteiger charge is -2.14. The van der Waals surface area contributed by atoms with Gasteiger partial charge in [0.25, 0.3) is 5.69 Å². The number of ether oxygens (including phenoxy) is 2. The second-order valence-electron chi connectivity index (χ2n) is 6.09. The third-order valence-electron chi connectivity index (χ3n) is 4.19. The molecule has 0 atom stereocenters. The van der Waals surface area contributed by atoms with E-state index in [-0.39, 0.29) is 17.9 Å². The summed E-state index contributed by atoms with van der Waals surface area (Å²) in [6.45, 7) is 2.22. The molecule has 6 nitrogen and oxygen atoms in total. The van der Waals surface area contributed by atoms with E-state index in [0.29, 0.717) is 28.0 Å². The van der Waals surface area contributed by atoms with Crippen molar-refractivity contribution in [3.8, 4) is 16.9 Å². The number of halogens is 1. The monoisotopic (exact) mass is 455 g/mol. The number of esters is 1. The van der Waals surface area contributed by atoms with Gasteiger partial charge in [-0.15, -0.1) is 0 Å². The van der Waals surface area contributed by atoms with E-state index in [1.807, 2.05) is 30.3 Å². The topological polar surface area (TPSA) is 78.7 Å². The van der Waals surface area contributed by atoms with E-state index in [1.54, 1.807) is 37.3 Å². The molecule has 7 heteroatoms. The van der Waals surface area contributed by atoms with Crippen molar-refractivity contribution in [1.29, 1.82) is 0 Å². The van der Waals surface area contributed by atoms with E-state index >= 15 is 0 Å². The molecule has 148 valence electrons. The molecule has 0 heterocycles. The van der Waals surface area contributed by atoms with Crippen LogP contribution >= 0.6 is 15.9 Å². The van der Waals surface area contributed by atoms with Crippen LogP contribution in [-0.4, -0.2) is 17.5 Å². The van der Waals surface area contributed by atoms with Gasteiger partial charge in [0.05, 0.1) is 22.7 Å². The first-order valence-electron chi connectivity index (χ1n) is 8.92. The summed E-state index contributed by atoms with van der Waals surface area (Å²) in [4.78, 5) is 23.6. The molecule has 0 radical (unpaired) electrons. The Morgan fingerprint density at radius 1 is 1.07 bits per heavy atom. The van der Waals surface area contributed by atoms with Crippen LogP contribution in [0.15, 0.2) is 71.2 Å². The van der Waals surface area contributed by atoms with Crippen molar-refractivity contribution in [2.75, 3.05) is 6.61 Å². The largest absolute Gasteiger partial charge is 0.489 e. The number of benzene rings is 3. The van der Waals surface area contributed by atoms with Gasteiger partial charge < -0.3 is 9.47 Å². The number of carbonyl (C=O) groups is 1. The normalized spacial score (nSPS) is 10.4. The molecule has 0 bridgehead atoms. The third kappa shape index (κ3) is 4.81. The van der Waals surface area contributed by atoms with E-state index in [4.69, 9.17) is 9.47 Å². The Kier molecular flexibility index (Phi) is 6.61. The minimum Gasteiger partial charge on any atom is -0.489 e. The molecule has 3 aromatic rings. The van der Waals surface area contributed by atoms with Crippen LogP contribution in [0.1, 0.15) is 22.8 Å². The van der Waals surface area contributed by atoms with Gasteiger partial charge in [0.1, 0.15) is 12.4 Å². The van der Waals surface area contributed by atoms with Crippen molar-refractivity contribution >= 4 is 27.6 Å². The number of rotatable bonds is 7. The standard InChI is InChI=1S/C22H18BrNO5/c1-2-28-22(25)18-13-16(29-14-15-7-4-3-5-8-15)11-12-17(18)21-19(23)9-6-10-20(21)24(26)27/h3-13H,2,14H2,1H3. The van der Waals surface area contributed by atoms with Gasteiger partial charge in [0.15, 0.2) is 0 Å².